The molecule has 0 spiro atoms. The van der Waals surface area contributed by atoms with Crippen LogP contribution in [0.2, 0.25) is 0 Å². The van der Waals surface area contributed by atoms with Crippen molar-refractivity contribution >= 4 is 23.2 Å². The molecule has 160 valence electrons. The maximum Gasteiger partial charge on any atom is 0.265 e. The number of likely N-dealkylation sites (tertiary alicyclic amines) is 1. The second-order valence-corrected chi connectivity index (χ2v) is 9.30. The molecule has 6 nitrogen and oxygen atoms in total. The first-order valence-electron chi connectivity index (χ1n) is 10.9. The number of aromatic nitrogens is 1. The van der Waals surface area contributed by atoms with Gasteiger partial charge < -0.3 is 9.80 Å². The molecule has 2 amide bonds. The van der Waals surface area contributed by atoms with Crippen molar-refractivity contribution < 1.29 is 9.59 Å². The lowest BCUT2D eigenvalue weighted by Gasteiger charge is -2.38. The first-order chi connectivity index (χ1) is 14.5. The van der Waals surface area contributed by atoms with E-state index in [9.17, 15) is 9.59 Å². The van der Waals surface area contributed by atoms with Gasteiger partial charge in [0, 0.05) is 44.3 Å². The molecule has 0 saturated carbocycles. The Labute approximate surface area is 182 Å². The molecule has 2 fully saturated rings. The van der Waals surface area contributed by atoms with E-state index in [1.807, 2.05) is 47.1 Å². The van der Waals surface area contributed by atoms with Crippen LogP contribution >= 0.6 is 11.3 Å². The number of amides is 2. The van der Waals surface area contributed by atoms with Crippen LogP contribution in [-0.2, 0) is 4.79 Å². The van der Waals surface area contributed by atoms with Crippen molar-refractivity contribution in [2.75, 3.05) is 39.3 Å². The van der Waals surface area contributed by atoms with Gasteiger partial charge in [-0.25, -0.2) is 4.98 Å². The smallest absolute Gasteiger partial charge is 0.265 e. The summed E-state index contributed by atoms with van der Waals surface area (Å²) in [6.07, 6.45) is 3.43. The highest BCUT2D eigenvalue weighted by molar-refractivity contribution is 7.17. The number of hydrogen-bond acceptors (Lipinski definition) is 5. The molecule has 1 unspecified atom stereocenters. The third-order valence-corrected chi connectivity index (χ3v) is 7.35. The monoisotopic (exact) mass is 426 g/mol. The molecule has 7 heteroatoms. The molecule has 2 aliphatic rings. The van der Waals surface area contributed by atoms with E-state index >= 15 is 0 Å². The van der Waals surface area contributed by atoms with Crippen molar-refractivity contribution in [3.63, 3.8) is 0 Å². The van der Waals surface area contributed by atoms with Crippen LogP contribution < -0.4 is 0 Å². The number of carbonyl (C=O) groups is 2. The lowest BCUT2D eigenvalue weighted by atomic mass is 10.0. The average Bonchev–Trinajstić information content (AvgIpc) is 3.16. The molecule has 4 rings (SSSR count). The van der Waals surface area contributed by atoms with Crippen LogP contribution in [-0.4, -0.2) is 76.8 Å². The van der Waals surface area contributed by atoms with Crippen molar-refractivity contribution in [3.8, 4) is 10.6 Å². The summed E-state index contributed by atoms with van der Waals surface area (Å²) in [6.45, 7) is 8.18. The van der Waals surface area contributed by atoms with Gasteiger partial charge in [0.25, 0.3) is 5.91 Å². The van der Waals surface area contributed by atoms with Gasteiger partial charge in [-0.2, -0.15) is 0 Å². The lowest BCUT2D eigenvalue weighted by molar-refractivity contribution is -0.136. The Kier molecular flexibility index (Phi) is 6.49. The molecule has 0 aliphatic carbocycles. The van der Waals surface area contributed by atoms with Gasteiger partial charge in [0.05, 0.1) is 12.2 Å². The highest BCUT2D eigenvalue weighted by Gasteiger charge is 2.29. The number of thiazole rings is 1. The Morgan fingerprint density at radius 3 is 2.50 bits per heavy atom. The van der Waals surface area contributed by atoms with Gasteiger partial charge in [0.2, 0.25) is 5.91 Å². The van der Waals surface area contributed by atoms with E-state index < -0.39 is 0 Å². The molecule has 0 radical (unpaired) electrons. The zero-order valence-electron chi connectivity index (χ0n) is 17.8. The van der Waals surface area contributed by atoms with E-state index in [0.29, 0.717) is 25.7 Å². The maximum absolute atomic E-state index is 13.1. The van der Waals surface area contributed by atoms with E-state index in [-0.39, 0.29) is 11.8 Å². The minimum atomic E-state index is 0.0582. The van der Waals surface area contributed by atoms with Gasteiger partial charge in [0.1, 0.15) is 9.88 Å². The van der Waals surface area contributed by atoms with Crippen molar-refractivity contribution in [2.45, 2.75) is 39.2 Å². The van der Waals surface area contributed by atoms with E-state index in [0.717, 1.165) is 53.6 Å². The second kappa shape index (κ2) is 9.27. The third kappa shape index (κ3) is 4.57. The van der Waals surface area contributed by atoms with Crippen molar-refractivity contribution in [1.82, 2.24) is 19.7 Å². The predicted molar refractivity (Wildman–Crippen MR) is 120 cm³/mol. The molecule has 3 heterocycles. The molecule has 2 saturated heterocycles. The first-order valence-corrected chi connectivity index (χ1v) is 11.7. The van der Waals surface area contributed by atoms with Crippen LogP contribution in [0, 0.1) is 6.92 Å². The lowest BCUT2D eigenvalue weighted by Crippen LogP contribution is -2.53. The molecule has 2 aromatic rings. The van der Waals surface area contributed by atoms with E-state index in [1.165, 1.54) is 17.8 Å². The second-order valence-electron chi connectivity index (χ2n) is 8.30. The van der Waals surface area contributed by atoms with Crippen LogP contribution in [0.15, 0.2) is 30.3 Å². The Morgan fingerprint density at radius 1 is 1.07 bits per heavy atom. The predicted octanol–water partition coefficient (Wildman–Crippen LogP) is 3.28. The fraction of sp³-hybridized carbons (Fsp3) is 0.522. The molecule has 0 N–H and O–H groups in total. The largest absolute Gasteiger partial charge is 0.339 e. The number of benzene rings is 1. The van der Waals surface area contributed by atoms with Crippen LogP contribution in [0.25, 0.3) is 10.6 Å². The Balaban J connectivity index is 1.33. The number of piperidine rings is 1. The summed E-state index contributed by atoms with van der Waals surface area (Å²) in [6, 6.07) is 10.3. The van der Waals surface area contributed by atoms with E-state index in [2.05, 4.69) is 16.8 Å². The molecule has 1 aromatic heterocycles. The number of nitrogens with zero attached hydrogens (tertiary/aromatic N) is 4. The summed E-state index contributed by atoms with van der Waals surface area (Å²) in [4.78, 5) is 37.2. The average molecular weight is 427 g/mol. The highest BCUT2D eigenvalue weighted by atomic mass is 32.1. The quantitative estimate of drug-likeness (QED) is 0.753. The Morgan fingerprint density at radius 2 is 1.80 bits per heavy atom. The molecular formula is C23H30N4O2S. The summed E-state index contributed by atoms with van der Waals surface area (Å²) >= 11 is 1.47. The van der Waals surface area contributed by atoms with Crippen LogP contribution in [0.1, 0.15) is 41.6 Å². The number of rotatable bonds is 4. The standard InChI is InChI=1S/C23H30N4O2S/c1-17-8-6-7-11-27(17)20(28)16-25-12-14-26(15-13-25)23(29)21-18(2)24-22(30-21)19-9-4-3-5-10-19/h3-5,9-10,17H,6-8,11-16H2,1-2H3. The van der Waals surface area contributed by atoms with Gasteiger partial charge in [0.15, 0.2) is 0 Å². The van der Waals surface area contributed by atoms with E-state index in [1.54, 1.807) is 0 Å². The summed E-state index contributed by atoms with van der Waals surface area (Å²) in [5, 5.41) is 0.885. The van der Waals surface area contributed by atoms with E-state index in [4.69, 9.17) is 0 Å². The molecular weight excluding hydrogens is 396 g/mol. The van der Waals surface area contributed by atoms with Gasteiger partial charge in [-0.3, -0.25) is 14.5 Å². The Bertz CT molecular complexity index is 890. The third-order valence-electron chi connectivity index (χ3n) is 6.15. The number of piperazine rings is 1. The van der Waals surface area contributed by atoms with Gasteiger partial charge in [-0.15, -0.1) is 11.3 Å². The SMILES string of the molecule is Cc1nc(-c2ccccc2)sc1C(=O)N1CCN(CC(=O)N2CCCCC2C)CC1. The summed E-state index contributed by atoms with van der Waals surface area (Å²) in [5.41, 5.74) is 1.83. The maximum atomic E-state index is 13.1. The van der Waals surface area contributed by atoms with Gasteiger partial charge >= 0.3 is 0 Å². The molecule has 30 heavy (non-hydrogen) atoms. The van der Waals surface area contributed by atoms with Gasteiger partial charge in [-0.1, -0.05) is 30.3 Å². The summed E-state index contributed by atoms with van der Waals surface area (Å²) < 4.78 is 0. The Hall–Kier alpha value is -2.25. The molecule has 2 aliphatic heterocycles. The van der Waals surface area contributed by atoms with Crippen LogP contribution in [0.4, 0.5) is 0 Å². The zero-order valence-corrected chi connectivity index (χ0v) is 18.7. The minimum absolute atomic E-state index is 0.0582. The van der Waals surface area contributed by atoms with Crippen LogP contribution in [0.3, 0.4) is 0 Å². The number of hydrogen-bond donors (Lipinski definition) is 0. The molecule has 1 aromatic carbocycles. The minimum Gasteiger partial charge on any atom is -0.339 e. The van der Waals surface area contributed by atoms with Crippen molar-refractivity contribution in [2.24, 2.45) is 0 Å². The number of aryl methyl sites for hydroxylation is 1. The van der Waals surface area contributed by atoms with Crippen LogP contribution in [0.5, 0.6) is 0 Å². The zero-order chi connectivity index (χ0) is 21.1. The number of carbonyl (C=O) groups excluding carboxylic acids is 2. The fourth-order valence-corrected chi connectivity index (χ4v) is 5.34. The molecule has 1 atom stereocenters. The summed E-state index contributed by atoms with van der Waals surface area (Å²) in [7, 11) is 0. The van der Waals surface area contributed by atoms with Gasteiger partial charge in [-0.05, 0) is 33.1 Å². The van der Waals surface area contributed by atoms with Crippen molar-refractivity contribution in [1.29, 1.82) is 0 Å². The topological polar surface area (TPSA) is 56.8 Å². The fourth-order valence-electron chi connectivity index (χ4n) is 4.30. The normalized spacial score (nSPS) is 20.4. The summed E-state index contributed by atoms with van der Waals surface area (Å²) in [5.74, 6) is 0.288. The highest BCUT2D eigenvalue weighted by Crippen LogP contribution is 2.29. The first kappa shape index (κ1) is 21.0. The van der Waals surface area contributed by atoms with Crippen molar-refractivity contribution in [3.05, 3.63) is 40.9 Å². The molecule has 0 bridgehead atoms.